The minimum atomic E-state index is -0.173. The Kier molecular flexibility index (Phi) is 11.4. The van der Waals surface area contributed by atoms with Crippen LogP contribution in [0, 0.1) is 5.41 Å². The molecule has 2 heterocycles. The van der Waals surface area contributed by atoms with Crippen LogP contribution in [0.15, 0.2) is 42.5 Å². The van der Waals surface area contributed by atoms with Gasteiger partial charge in [-0.3, -0.25) is 4.79 Å². The molecular weight excluding hydrogens is 546 g/mol. The zero-order chi connectivity index (χ0) is 30.7. The number of anilines is 3. The molecule has 1 aliphatic rings. The molecule has 0 radical (unpaired) electrons. The summed E-state index contributed by atoms with van der Waals surface area (Å²) in [5.41, 5.74) is 2.12. The molecule has 0 unspecified atom stereocenters. The van der Waals surface area contributed by atoms with Crippen molar-refractivity contribution in [2.24, 2.45) is 5.41 Å². The zero-order valence-corrected chi connectivity index (χ0v) is 26.0. The lowest BCUT2D eigenvalue weighted by Crippen LogP contribution is -2.40. The van der Waals surface area contributed by atoms with Gasteiger partial charge in [0.25, 0.3) is 5.91 Å². The molecule has 0 atom stereocenters. The van der Waals surface area contributed by atoms with Gasteiger partial charge in [0.15, 0.2) is 0 Å². The summed E-state index contributed by atoms with van der Waals surface area (Å²) in [6.07, 6.45) is 3.84. The Balaban J connectivity index is 1.58. The molecular formula is C32H45N7O4. The van der Waals surface area contributed by atoms with Gasteiger partial charge in [0, 0.05) is 31.4 Å². The van der Waals surface area contributed by atoms with Crippen molar-refractivity contribution in [3.05, 3.63) is 53.6 Å². The van der Waals surface area contributed by atoms with Crippen LogP contribution in [0.4, 0.5) is 17.6 Å². The van der Waals surface area contributed by atoms with E-state index in [9.17, 15) is 4.79 Å². The predicted molar refractivity (Wildman–Crippen MR) is 169 cm³/mol. The Labute approximate surface area is 254 Å². The van der Waals surface area contributed by atoms with Crippen LogP contribution in [0.2, 0.25) is 0 Å². The number of nitrogens with zero attached hydrogens (tertiary/aromatic N) is 4. The van der Waals surface area contributed by atoms with Crippen molar-refractivity contribution in [1.82, 2.24) is 25.2 Å². The molecule has 0 saturated carbocycles. The highest BCUT2D eigenvalue weighted by atomic mass is 16.5. The van der Waals surface area contributed by atoms with Crippen LogP contribution >= 0.6 is 0 Å². The topological polar surface area (TPSA) is 123 Å². The summed E-state index contributed by atoms with van der Waals surface area (Å²) in [7, 11) is 4.06. The number of fused-ring (bicyclic) bond motifs is 6. The molecule has 0 aliphatic carbocycles. The third-order valence-corrected chi connectivity index (χ3v) is 6.76. The average Bonchev–Trinajstić information content (AvgIpc) is 2.96. The number of carbonyl (C=O) groups excluding carboxylic acids is 1. The molecule has 1 amide bonds. The number of carbonyl (C=O) groups is 1. The van der Waals surface area contributed by atoms with Crippen LogP contribution in [0.1, 0.15) is 62.4 Å². The maximum atomic E-state index is 13.3. The maximum absolute atomic E-state index is 13.3. The molecule has 3 N–H and O–H groups in total. The molecule has 43 heavy (non-hydrogen) atoms. The van der Waals surface area contributed by atoms with Crippen molar-refractivity contribution in [2.45, 2.75) is 53.0 Å². The second kappa shape index (κ2) is 15.4. The highest BCUT2D eigenvalue weighted by Gasteiger charge is 2.22. The van der Waals surface area contributed by atoms with E-state index in [-0.39, 0.29) is 17.3 Å². The number of amides is 1. The lowest BCUT2D eigenvalue weighted by molar-refractivity contribution is 0.0925. The Bertz CT molecular complexity index is 1350. The standard InChI is InChI=1S/C32H45N7O4/c1-6-41-31-37-29-33-20-23-12-11-13-25(18-23)42-16-9-7-8-10-17-43-27-19-24(35-30(36-29)38-31)14-15-26(27)28(40)34-21-32(2,3)22-39(4)5/h11-15,18-19H,6-10,16-17,20-22H2,1-5H3,(H,34,40)(H2,33,35,36,37,38). The van der Waals surface area contributed by atoms with Crippen LogP contribution in [0.3, 0.4) is 0 Å². The molecule has 1 aromatic heterocycles. The van der Waals surface area contributed by atoms with Crippen molar-refractivity contribution in [3.8, 4) is 17.5 Å². The normalized spacial score (nSPS) is 14.4. The highest BCUT2D eigenvalue weighted by molar-refractivity contribution is 5.97. The van der Waals surface area contributed by atoms with Gasteiger partial charge in [-0.2, -0.15) is 15.0 Å². The fourth-order valence-electron chi connectivity index (χ4n) is 4.90. The van der Waals surface area contributed by atoms with E-state index in [1.165, 1.54) is 0 Å². The van der Waals surface area contributed by atoms with Gasteiger partial charge in [0.2, 0.25) is 11.9 Å². The fraction of sp³-hybridized carbons (Fsp3) is 0.500. The predicted octanol–water partition coefficient (Wildman–Crippen LogP) is 5.28. The van der Waals surface area contributed by atoms with Crippen LogP contribution in [-0.2, 0) is 6.54 Å². The molecule has 11 heteroatoms. The van der Waals surface area contributed by atoms with E-state index in [1.54, 1.807) is 6.07 Å². The fourth-order valence-corrected chi connectivity index (χ4v) is 4.90. The number of benzene rings is 2. The van der Waals surface area contributed by atoms with E-state index in [0.29, 0.717) is 61.8 Å². The molecule has 0 fully saturated rings. The summed E-state index contributed by atoms with van der Waals surface area (Å²) in [5.74, 6) is 1.84. The lowest BCUT2D eigenvalue weighted by Gasteiger charge is -2.28. The minimum absolute atomic E-state index is 0.0867. The molecule has 11 nitrogen and oxygen atoms in total. The third kappa shape index (κ3) is 10.3. The van der Waals surface area contributed by atoms with Gasteiger partial charge in [0.05, 0.1) is 25.4 Å². The Morgan fingerprint density at radius 2 is 1.77 bits per heavy atom. The van der Waals surface area contributed by atoms with Gasteiger partial charge in [0.1, 0.15) is 11.5 Å². The number of rotatable bonds is 7. The number of aromatic nitrogens is 3. The van der Waals surface area contributed by atoms with Gasteiger partial charge < -0.3 is 35.1 Å². The van der Waals surface area contributed by atoms with Crippen LogP contribution in [0.5, 0.6) is 17.5 Å². The summed E-state index contributed by atoms with van der Waals surface area (Å²) in [6.45, 7) is 9.59. The van der Waals surface area contributed by atoms with Crippen molar-refractivity contribution in [2.75, 3.05) is 57.6 Å². The summed E-state index contributed by atoms with van der Waals surface area (Å²) >= 11 is 0. The Morgan fingerprint density at radius 3 is 2.53 bits per heavy atom. The van der Waals surface area contributed by atoms with Crippen LogP contribution in [-0.4, -0.2) is 72.8 Å². The zero-order valence-electron chi connectivity index (χ0n) is 26.0. The van der Waals surface area contributed by atoms with Crippen molar-refractivity contribution in [1.29, 1.82) is 0 Å². The minimum Gasteiger partial charge on any atom is -0.494 e. The van der Waals surface area contributed by atoms with Gasteiger partial charge in [-0.1, -0.05) is 26.0 Å². The van der Waals surface area contributed by atoms with Crippen LogP contribution < -0.4 is 30.2 Å². The molecule has 0 saturated heterocycles. The summed E-state index contributed by atoms with van der Waals surface area (Å²) in [5, 5.41) is 9.60. The van der Waals surface area contributed by atoms with E-state index in [4.69, 9.17) is 14.2 Å². The number of ether oxygens (including phenoxy) is 3. The molecule has 0 spiro atoms. The molecule has 6 bridgehead atoms. The van der Waals surface area contributed by atoms with E-state index in [1.807, 2.05) is 57.4 Å². The summed E-state index contributed by atoms with van der Waals surface area (Å²) in [4.78, 5) is 28.8. The molecule has 1 aliphatic heterocycles. The first-order valence-electron chi connectivity index (χ1n) is 15.0. The lowest BCUT2D eigenvalue weighted by atomic mass is 9.93. The first-order chi connectivity index (χ1) is 20.7. The maximum Gasteiger partial charge on any atom is 0.323 e. The second-order valence-corrected chi connectivity index (χ2v) is 11.7. The molecule has 4 rings (SSSR count). The number of hydrogen-bond donors (Lipinski definition) is 3. The monoisotopic (exact) mass is 591 g/mol. The first kappa shape index (κ1) is 31.8. The number of hydrogen-bond acceptors (Lipinski definition) is 10. The molecule has 2 aromatic carbocycles. The average molecular weight is 592 g/mol. The van der Waals surface area contributed by atoms with Gasteiger partial charge in [-0.15, -0.1) is 0 Å². The SMILES string of the molecule is CCOc1nc2nc(n1)Nc1ccc(C(=O)NCC(C)(C)CN(C)C)c(c1)OCCCCCCOc1cccc(c1)CN2. The van der Waals surface area contributed by atoms with Gasteiger partial charge in [-0.05, 0) is 81.9 Å². The highest BCUT2D eigenvalue weighted by Crippen LogP contribution is 2.27. The van der Waals surface area contributed by atoms with E-state index < -0.39 is 0 Å². The quantitative estimate of drug-likeness (QED) is 0.335. The van der Waals surface area contributed by atoms with E-state index in [2.05, 4.69) is 49.6 Å². The summed E-state index contributed by atoms with van der Waals surface area (Å²) in [6, 6.07) is 13.6. The van der Waals surface area contributed by atoms with Gasteiger partial charge in [-0.25, -0.2) is 0 Å². The van der Waals surface area contributed by atoms with Crippen molar-refractivity contribution < 1.29 is 19.0 Å². The summed E-state index contributed by atoms with van der Waals surface area (Å²) < 4.78 is 17.8. The second-order valence-electron chi connectivity index (χ2n) is 11.7. The van der Waals surface area contributed by atoms with Crippen LogP contribution in [0.25, 0.3) is 0 Å². The van der Waals surface area contributed by atoms with Crippen molar-refractivity contribution >= 4 is 23.5 Å². The number of nitrogens with one attached hydrogen (secondary N) is 3. The Hall–Kier alpha value is -4.12. The van der Waals surface area contributed by atoms with E-state index in [0.717, 1.165) is 43.5 Å². The van der Waals surface area contributed by atoms with Crippen molar-refractivity contribution in [3.63, 3.8) is 0 Å². The largest absolute Gasteiger partial charge is 0.494 e. The Morgan fingerprint density at radius 1 is 1.00 bits per heavy atom. The smallest absolute Gasteiger partial charge is 0.323 e. The molecule has 232 valence electrons. The van der Waals surface area contributed by atoms with E-state index >= 15 is 0 Å². The molecule has 3 aromatic rings. The van der Waals surface area contributed by atoms with Gasteiger partial charge >= 0.3 is 6.01 Å². The third-order valence-electron chi connectivity index (χ3n) is 6.76. The first-order valence-corrected chi connectivity index (χ1v) is 15.0.